The first-order chi connectivity index (χ1) is 8.88. The van der Waals surface area contributed by atoms with Gasteiger partial charge in [-0.25, -0.2) is 0 Å². The molecule has 0 heterocycles. The van der Waals surface area contributed by atoms with Crippen molar-refractivity contribution in [2.75, 3.05) is 0 Å². The third-order valence-corrected chi connectivity index (χ3v) is 3.77. The van der Waals surface area contributed by atoms with Crippen LogP contribution in [0.2, 0.25) is 5.02 Å². The molecule has 0 aromatic heterocycles. The Morgan fingerprint density at radius 3 is 2.16 bits per heavy atom. The van der Waals surface area contributed by atoms with Gasteiger partial charge < -0.3 is 5.11 Å². The molecule has 100 valence electrons. The molecule has 0 spiro atoms. The normalized spacial score (nSPS) is 14.2. The van der Waals surface area contributed by atoms with E-state index in [1.54, 1.807) is 0 Å². The molecule has 0 radical (unpaired) electrons. The lowest BCUT2D eigenvalue weighted by Crippen LogP contribution is -2.24. The first kappa shape index (κ1) is 14.1. The summed E-state index contributed by atoms with van der Waals surface area (Å²) in [6.07, 6.45) is 0.509. The fraction of sp³-hybridized carbons (Fsp3) is 0.294. The van der Waals surface area contributed by atoms with Crippen LogP contribution in [0.3, 0.4) is 0 Å². The lowest BCUT2D eigenvalue weighted by atomic mass is 9.88. The first-order valence-electron chi connectivity index (χ1n) is 6.43. The Bertz CT molecular complexity index is 570. The van der Waals surface area contributed by atoms with Gasteiger partial charge in [-0.2, -0.15) is 0 Å². The van der Waals surface area contributed by atoms with Gasteiger partial charge in [-0.15, -0.1) is 0 Å². The molecule has 2 aromatic carbocycles. The maximum absolute atomic E-state index is 10.7. The van der Waals surface area contributed by atoms with Gasteiger partial charge in [0.25, 0.3) is 0 Å². The zero-order chi connectivity index (χ0) is 14.0. The zero-order valence-corrected chi connectivity index (χ0v) is 12.3. The van der Waals surface area contributed by atoms with Crippen molar-refractivity contribution in [3.05, 3.63) is 69.7 Å². The van der Waals surface area contributed by atoms with Crippen LogP contribution in [0, 0.1) is 13.8 Å². The molecule has 2 heteroatoms. The van der Waals surface area contributed by atoms with Gasteiger partial charge in [0.05, 0.1) is 5.60 Å². The maximum Gasteiger partial charge on any atom is 0.0909 e. The van der Waals surface area contributed by atoms with Crippen molar-refractivity contribution in [3.8, 4) is 0 Å². The van der Waals surface area contributed by atoms with Crippen molar-refractivity contribution in [1.82, 2.24) is 0 Å². The third-order valence-electron chi connectivity index (χ3n) is 3.42. The number of aliphatic hydroxyl groups is 1. The van der Waals surface area contributed by atoms with Gasteiger partial charge in [0.2, 0.25) is 0 Å². The number of rotatable bonds is 3. The molecule has 0 amide bonds. The Labute approximate surface area is 119 Å². The molecule has 0 saturated heterocycles. The molecule has 2 rings (SSSR count). The molecule has 0 aliphatic rings. The quantitative estimate of drug-likeness (QED) is 0.879. The molecule has 0 fully saturated rings. The highest BCUT2D eigenvalue weighted by molar-refractivity contribution is 6.31. The minimum absolute atomic E-state index is 0.509. The summed E-state index contributed by atoms with van der Waals surface area (Å²) in [6.45, 7) is 5.87. The minimum Gasteiger partial charge on any atom is -0.385 e. The van der Waals surface area contributed by atoms with Gasteiger partial charge >= 0.3 is 0 Å². The fourth-order valence-electron chi connectivity index (χ4n) is 2.18. The monoisotopic (exact) mass is 274 g/mol. The predicted octanol–water partition coefficient (Wildman–Crippen LogP) is 4.41. The summed E-state index contributed by atoms with van der Waals surface area (Å²) in [7, 11) is 0. The summed E-state index contributed by atoms with van der Waals surface area (Å²) < 4.78 is 0. The van der Waals surface area contributed by atoms with Crippen molar-refractivity contribution in [1.29, 1.82) is 0 Å². The summed E-state index contributed by atoms with van der Waals surface area (Å²) in [5.74, 6) is 0. The average molecular weight is 275 g/mol. The van der Waals surface area contributed by atoms with E-state index in [4.69, 9.17) is 11.6 Å². The van der Waals surface area contributed by atoms with Gasteiger partial charge in [-0.3, -0.25) is 0 Å². The van der Waals surface area contributed by atoms with E-state index in [-0.39, 0.29) is 0 Å². The molecule has 1 unspecified atom stereocenters. The Morgan fingerprint density at radius 2 is 1.58 bits per heavy atom. The molecule has 0 saturated carbocycles. The average Bonchev–Trinajstić information content (AvgIpc) is 2.33. The van der Waals surface area contributed by atoms with Crippen LogP contribution < -0.4 is 0 Å². The fourth-order valence-corrected chi connectivity index (χ4v) is 2.48. The van der Waals surface area contributed by atoms with E-state index in [0.29, 0.717) is 11.4 Å². The first-order valence-corrected chi connectivity index (χ1v) is 6.81. The van der Waals surface area contributed by atoms with Crippen LogP contribution >= 0.6 is 11.6 Å². The Morgan fingerprint density at radius 1 is 1.00 bits per heavy atom. The minimum atomic E-state index is -0.910. The Kier molecular flexibility index (Phi) is 3.98. The standard InChI is InChI=1S/C17H19ClO/c1-12-5-8-15(9-6-12)17(3,19)11-14-7-4-13(2)10-16(14)18/h4-10,19H,11H2,1-3H3. The third kappa shape index (κ3) is 3.37. The zero-order valence-electron chi connectivity index (χ0n) is 11.6. The van der Waals surface area contributed by atoms with Crippen molar-refractivity contribution in [2.45, 2.75) is 32.8 Å². The second kappa shape index (κ2) is 5.36. The second-order valence-electron chi connectivity index (χ2n) is 5.41. The summed E-state index contributed by atoms with van der Waals surface area (Å²) in [5, 5.41) is 11.4. The number of hydrogen-bond donors (Lipinski definition) is 1. The van der Waals surface area contributed by atoms with E-state index in [0.717, 1.165) is 16.7 Å². The van der Waals surface area contributed by atoms with E-state index in [1.807, 2.05) is 63.2 Å². The molecular formula is C17H19ClO. The van der Waals surface area contributed by atoms with Crippen LogP contribution in [0.5, 0.6) is 0 Å². The highest BCUT2D eigenvalue weighted by Crippen LogP contribution is 2.29. The molecule has 0 aliphatic carbocycles. The largest absolute Gasteiger partial charge is 0.385 e. The highest BCUT2D eigenvalue weighted by Gasteiger charge is 2.24. The van der Waals surface area contributed by atoms with Crippen LogP contribution in [0.15, 0.2) is 42.5 Å². The van der Waals surface area contributed by atoms with Crippen LogP contribution in [0.4, 0.5) is 0 Å². The predicted molar refractivity (Wildman–Crippen MR) is 80.6 cm³/mol. The number of hydrogen-bond acceptors (Lipinski definition) is 1. The number of halogens is 1. The van der Waals surface area contributed by atoms with E-state index in [1.165, 1.54) is 5.56 Å². The van der Waals surface area contributed by atoms with E-state index in [9.17, 15) is 5.11 Å². The van der Waals surface area contributed by atoms with Crippen molar-refractivity contribution < 1.29 is 5.11 Å². The summed E-state index contributed by atoms with van der Waals surface area (Å²) in [4.78, 5) is 0. The SMILES string of the molecule is Cc1ccc(C(C)(O)Cc2ccc(C)cc2Cl)cc1. The molecule has 0 aliphatic heterocycles. The van der Waals surface area contributed by atoms with E-state index in [2.05, 4.69) is 0 Å². The summed E-state index contributed by atoms with van der Waals surface area (Å²) in [5.41, 5.74) is 3.29. The Balaban J connectivity index is 2.27. The maximum atomic E-state index is 10.7. The van der Waals surface area contributed by atoms with Gasteiger partial charge in [-0.1, -0.05) is 53.6 Å². The van der Waals surface area contributed by atoms with E-state index < -0.39 is 5.60 Å². The van der Waals surface area contributed by atoms with Crippen molar-refractivity contribution >= 4 is 11.6 Å². The smallest absolute Gasteiger partial charge is 0.0909 e. The molecule has 2 aromatic rings. The lowest BCUT2D eigenvalue weighted by molar-refractivity contribution is 0.0576. The second-order valence-corrected chi connectivity index (χ2v) is 5.82. The van der Waals surface area contributed by atoms with Crippen LogP contribution in [0.25, 0.3) is 0 Å². The van der Waals surface area contributed by atoms with E-state index >= 15 is 0 Å². The lowest BCUT2D eigenvalue weighted by Gasteiger charge is -2.25. The van der Waals surface area contributed by atoms with Gasteiger partial charge in [0.1, 0.15) is 0 Å². The van der Waals surface area contributed by atoms with Crippen molar-refractivity contribution in [2.24, 2.45) is 0 Å². The topological polar surface area (TPSA) is 20.2 Å². The molecule has 1 N–H and O–H groups in total. The number of aryl methyl sites for hydroxylation is 2. The van der Waals surface area contributed by atoms with Crippen LogP contribution in [0.1, 0.15) is 29.2 Å². The molecule has 0 bridgehead atoms. The van der Waals surface area contributed by atoms with Gasteiger partial charge in [-0.05, 0) is 43.5 Å². The van der Waals surface area contributed by atoms with Crippen molar-refractivity contribution in [3.63, 3.8) is 0 Å². The summed E-state index contributed by atoms with van der Waals surface area (Å²) in [6, 6.07) is 13.9. The van der Waals surface area contributed by atoms with Gasteiger partial charge in [0.15, 0.2) is 0 Å². The Hall–Kier alpha value is -1.31. The molecular weight excluding hydrogens is 256 g/mol. The van der Waals surface area contributed by atoms with Gasteiger partial charge in [0, 0.05) is 11.4 Å². The molecule has 1 nitrogen and oxygen atoms in total. The summed E-state index contributed by atoms with van der Waals surface area (Å²) >= 11 is 6.24. The van der Waals surface area contributed by atoms with Crippen LogP contribution in [-0.2, 0) is 12.0 Å². The highest BCUT2D eigenvalue weighted by atomic mass is 35.5. The van der Waals surface area contributed by atoms with Crippen LogP contribution in [-0.4, -0.2) is 5.11 Å². The number of benzene rings is 2. The molecule has 1 atom stereocenters. The molecule has 19 heavy (non-hydrogen) atoms.